The zero-order valence-corrected chi connectivity index (χ0v) is 15.1. The molecular weight excluding hydrogens is 332 g/mol. The summed E-state index contributed by atoms with van der Waals surface area (Å²) in [5, 5.41) is 4.06. The summed E-state index contributed by atoms with van der Waals surface area (Å²) in [7, 11) is 0. The van der Waals surface area contributed by atoms with Gasteiger partial charge in [-0.2, -0.15) is 5.10 Å². The van der Waals surface area contributed by atoms with Gasteiger partial charge in [-0.15, -0.1) is 0 Å². The molecule has 1 aromatic carbocycles. The highest BCUT2D eigenvalue weighted by Gasteiger charge is 2.22. The van der Waals surface area contributed by atoms with Gasteiger partial charge >= 0.3 is 0 Å². The predicted octanol–water partition coefficient (Wildman–Crippen LogP) is 3.24. The molecule has 128 valence electrons. The summed E-state index contributed by atoms with van der Waals surface area (Å²) in [5.74, 6) is 0.397. The van der Waals surface area contributed by atoms with Gasteiger partial charge in [-0.1, -0.05) is 56.4 Å². The molecular formula is C19H20N4OS. The Morgan fingerprint density at radius 3 is 2.64 bits per heavy atom. The normalized spacial score (nSPS) is 11.4. The van der Waals surface area contributed by atoms with Gasteiger partial charge < -0.3 is 0 Å². The third kappa shape index (κ3) is 4.09. The molecule has 0 spiro atoms. The molecule has 1 N–H and O–H groups in total. The minimum atomic E-state index is -0.180. The van der Waals surface area contributed by atoms with Crippen LogP contribution >= 0.6 is 12.2 Å². The summed E-state index contributed by atoms with van der Waals surface area (Å²) in [6.07, 6.45) is 6.11. The zero-order valence-electron chi connectivity index (χ0n) is 14.3. The minimum Gasteiger partial charge on any atom is -0.291 e. The minimum absolute atomic E-state index is 0.0759. The van der Waals surface area contributed by atoms with E-state index in [9.17, 15) is 4.79 Å². The number of nitrogens with one attached hydrogen (secondary N) is 1. The molecule has 0 amide bonds. The van der Waals surface area contributed by atoms with Crippen LogP contribution in [0.2, 0.25) is 0 Å². The van der Waals surface area contributed by atoms with Gasteiger partial charge in [0, 0.05) is 30.6 Å². The first kappa shape index (κ1) is 17.2. The third-order valence-corrected chi connectivity index (χ3v) is 4.45. The van der Waals surface area contributed by atoms with Crippen molar-refractivity contribution in [2.24, 2.45) is 0 Å². The van der Waals surface area contributed by atoms with E-state index in [1.54, 1.807) is 24.7 Å². The van der Waals surface area contributed by atoms with Gasteiger partial charge in [0.1, 0.15) is 0 Å². The summed E-state index contributed by atoms with van der Waals surface area (Å²) in [6, 6.07) is 12.1. The SMILES string of the molecule is CC(C)(CC(=S)Cc1cnc(-n2cccn2)[nH]c1=O)c1ccccc1. The summed E-state index contributed by atoms with van der Waals surface area (Å²) in [6.45, 7) is 4.33. The number of aromatic amines is 1. The van der Waals surface area contributed by atoms with Gasteiger partial charge in [0.2, 0.25) is 5.95 Å². The van der Waals surface area contributed by atoms with Crippen LogP contribution in [0.4, 0.5) is 0 Å². The van der Waals surface area contributed by atoms with Gasteiger partial charge in [-0.25, -0.2) is 9.67 Å². The van der Waals surface area contributed by atoms with E-state index in [4.69, 9.17) is 12.2 Å². The summed E-state index contributed by atoms with van der Waals surface area (Å²) >= 11 is 5.56. The van der Waals surface area contributed by atoms with Gasteiger partial charge in [0.25, 0.3) is 5.56 Å². The second-order valence-corrected chi connectivity index (χ2v) is 7.23. The number of nitrogens with zero attached hydrogens (tertiary/aromatic N) is 3. The number of hydrogen-bond donors (Lipinski definition) is 1. The molecule has 0 saturated heterocycles. The quantitative estimate of drug-likeness (QED) is 0.692. The average Bonchev–Trinajstić information content (AvgIpc) is 3.11. The first-order valence-electron chi connectivity index (χ1n) is 8.11. The Bertz CT molecular complexity index is 914. The predicted molar refractivity (Wildman–Crippen MR) is 102 cm³/mol. The van der Waals surface area contributed by atoms with Crippen LogP contribution < -0.4 is 5.56 Å². The Kier molecular flexibility index (Phi) is 4.90. The van der Waals surface area contributed by atoms with Gasteiger partial charge in [0.05, 0.1) is 0 Å². The van der Waals surface area contributed by atoms with Gasteiger partial charge in [-0.3, -0.25) is 9.78 Å². The van der Waals surface area contributed by atoms with Crippen LogP contribution in [0, 0.1) is 0 Å². The Morgan fingerprint density at radius 1 is 1.24 bits per heavy atom. The molecule has 0 aliphatic heterocycles. The lowest BCUT2D eigenvalue weighted by molar-refractivity contribution is 0.550. The van der Waals surface area contributed by atoms with Crippen molar-refractivity contribution in [1.29, 1.82) is 0 Å². The van der Waals surface area contributed by atoms with E-state index >= 15 is 0 Å². The van der Waals surface area contributed by atoms with Crippen molar-refractivity contribution in [3.05, 3.63) is 76.5 Å². The number of aromatic nitrogens is 4. The zero-order chi connectivity index (χ0) is 17.9. The van der Waals surface area contributed by atoms with E-state index in [1.165, 1.54) is 10.2 Å². The highest BCUT2D eigenvalue weighted by molar-refractivity contribution is 7.80. The van der Waals surface area contributed by atoms with Crippen LogP contribution in [-0.4, -0.2) is 24.6 Å². The van der Waals surface area contributed by atoms with E-state index in [0.29, 0.717) is 17.9 Å². The van der Waals surface area contributed by atoms with Crippen molar-refractivity contribution >= 4 is 17.1 Å². The average molecular weight is 352 g/mol. The monoisotopic (exact) mass is 352 g/mol. The fourth-order valence-electron chi connectivity index (χ4n) is 2.81. The molecule has 0 aliphatic carbocycles. The Hall–Kier alpha value is -2.60. The fourth-order valence-corrected chi connectivity index (χ4v) is 3.32. The molecule has 2 aromatic heterocycles. The van der Waals surface area contributed by atoms with Gasteiger partial charge in [-0.05, 0) is 28.3 Å². The fraction of sp³-hybridized carbons (Fsp3) is 0.263. The lowest BCUT2D eigenvalue weighted by Gasteiger charge is -2.25. The molecule has 2 heterocycles. The lowest BCUT2D eigenvalue weighted by Crippen LogP contribution is -2.24. The smallest absolute Gasteiger partial charge is 0.255 e. The maximum Gasteiger partial charge on any atom is 0.255 e. The van der Waals surface area contributed by atoms with Crippen molar-refractivity contribution in [1.82, 2.24) is 19.7 Å². The van der Waals surface area contributed by atoms with Crippen LogP contribution in [0.25, 0.3) is 5.95 Å². The van der Waals surface area contributed by atoms with Crippen molar-refractivity contribution in [2.75, 3.05) is 0 Å². The molecule has 0 fully saturated rings. The van der Waals surface area contributed by atoms with Crippen molar-refractivity contribution in [2.45, 2.75) is 32.1 Å². The maximum absolute atomic E-state index is 12.3. The molecule has 0 bridgehead atoms. The second kappa shape index (κ2) is 7.11. The number of H-pyrrole nitrogens is 1. The highest BCUT2D eigenvalue weighted by Crippen LogP contribution is 2.27. The maximum atomic E-state index is 12.3. The number of thiocarbonyl (C=S) groups is 1. The number of rotatable bonds is 6. The molecule has 0 aliphatic rings. The molecule has 3 rings (SSSR count). The van der Waals surface area contributed by atoms with E-state index in [-0.39, 0.29) is 11.0 Å². The Morgan fingerprint density at radius 2 is 2.00 bits per heavy atom. The summed E-state index contributed by atoms with van der Waals surface area (Å²) in [5.41, 5.74) is 1.55. The van der Waals surface area contributed by atoms with E-state index in [1.807, 2.05) is 18.2 Å². The third-order valence-electron chi connectivity index (χ3n) is 4.16. The highest BCUT2D eigenvalue weighted by atomic mass is 32.1. The van der Waals surface area contributed by atoms with Crippen molar-refractivity contribution in [3.8, 4) is 5.95 Å². The molecule has 0 saturated carbocycles. The Labute approximate surface area is 151 Å². The van der Waals surface area contributed by atoms with E-state index < -0.39 is 0 Å². The summed E-state index contributed by atoms with van der Waals surface area (Å²) < 4.78 is 1.52. The van der Waals surface area contributed by atoms with Crippen molar-refractivity contribution in [3.63, 3.8) is 0 Å². The molecule has 0 radical (unpaired) electrons. The second-order valence-electron chi connectivity index (χ2n) is 6.65. The van der Waals surface area contributed by atoms with Crippen LogP contribution in [-0.2, 0) is 11.8 Å². The number of hydrogen-bond acceptors (Lipinski definition) is 4. The van der Waals surface area contributed by atoms with Gasteiger partial charge in [0.15, 0.2) is 0 Å². The molecule has 6 heteroatoms. The van der Waals surface area contributed by atoms with Crippen molar-refractivity contribution < 1.29 is 0 Å². The first-order valence-corrected chi connectivity index (χ1v) is 8.52. The Balaban J connectivity index is 1.72. The molecule has 25 heavy (non-hydrogen) atoms. The van der Waals surface area contributed by atoms with Crippen LogP contribution in [0.15, 0.2) is 59.8 Å². The molecule has 0 atom stereocenters. The largest absolute Gasteiger partial charge is 0.291 e. The van der Waals surface area contributed by atoms with Crippen LogP contribution in [0.5, 0.6) is 0 Å². The van der Waals surface area contributed by atoms with Crippen LogP contribution in [0.3, 0.4) is 0 Å². The van der Waals surface area contributed by atoms with Crippen LogP contribution in [0.1, 0.15) is 31.4 Å². The molecule has 3 aromatic rings. The summed E-state index contributed by atoms with van der Waals surface area (Å²) in [4.78, 5) is 20.2. The topological polar surface area (TPSA) is 63.6 Å². The van der Waals surface area contributed by atoms with E-state index in [0.717, 1.165) is 11.3 Å². The standard InChI is InChI=1S/C19H20N4OS/c1-19(2,15-7-4-3-5-8-15)12-16(25)11-14-13-20-18(22-17(14)24)23-10-6-9-21-23/h3-10,13H,11-12H2,1-2H3,(H,20,22,24). The van der Waals surface area contributed by atoms with E-state index in [2.05, 4.69) is 41.0 Å². The first-order chi connectivity index (χ1) is 12.0. The molecule has 5 nitrogen and oxygen atoms in total. The molecule has 0 unspecified atom stereocenters. The lowest BCUT2D eigenvalue weighted by atomic mass is 9.80. The number of benzene rings is 1.